The minimum Gasteiger partial charge on any atom is -0.494 e. The number of rotatable bonds is 10. The van der Waals surface area contributed by atoms with Crippen LogP contribution in [0.3, 0.4) is 0 Å². The van der Waals surface area contributed by atoms with E-state index >= 15 is 0 Å². The third-order valence-electron chi connectivity index (χ3n) is 3.60. The van der Waals surface area contributed by atoms with Gasteiger partial charge in [-0.2, -0.15) is 13.2 Å². The molecule has 0 aliphatic heterocycles. The Morgan fingerprint density at radius 1 is 1.10 bits per heavy atom. The predicted octanol–water partition coefficient (Wildman–Crippen LogP) is 4.13. The molecule has 0 saturated heterocycles. The third-order valence-corrected chi connectivity index (χ3v) is 3.60. The lowest BCUT2D eigenvalue weighted by atomic mass is 9.93. The maximum Gasteiger partial charge on any atom is 0.490 e. The molecule has 29 heavy (non-hydrogen) atoms. The van der Waals surface area contributed by atoms with Gasteiger partial charge in [-0.15, -0.1) is 0 Å². The second-order valence-electron chi connectivity index (χ2n) is 7.61. The van der Waals surface area contributed by atoms with Gasteiger partial charge in [0.05, 0.1) is 13.0 Å². The van der Waals surface area contributed by atoms with E-state index in [9.17, 15) is 18.0 Å². The first-order chi connectivity index (χ1) is 13.3. The second-order valence-corrected chi connectivity index (χ2v) is 7.61. The maximum absolute atomic E-state index is 10.6. The first-order valence-corrected chi connectivity index (χ1v) is 9.25. The summed E-state index contributed by atoms with van der Waals surface area (Å²) in [5, 5.41) is 18.8. The number of aryl methyl sites for hydroxylation is 1. The van der Waals surface area contributed by atoms with Crippen molar-refractivity contribution in [2.45, 2.75) is 52.6 Å². The summed E-state index contributed by atoms with van der Waals surface area (Å²) < 4.78 is 37.5. The molecule has 0 heterocycles. The highest BCUT2D eigenvalue weighted by atomic mass is 19.4. The molecule has 1 aromatic rings. The van der Waals surface area contributed by atoms with E-state index in [1.165, 1.54) is 5.56 Å². The highest BCUT2D eigenvalue weighted by Crippen LogP contribution is 2.20. The molecule has 0 amide bonds. The summed E-state index contributed by atoms with van der Waals surface area (Å²) in [5.74, 6) is -2.58. The molecular weight excluding hydrogens is 391 g/mol. The van der Waals surface area contributed by atoms with E-state index in [1.54, 1.807) is 0 Å². The number of benzene rings is 1. The van der Waals surface area contributed by atoms with E-state index in [4.69, 9.17) is 19.7 Å². The van der Waals surface area contributed by atoms with Crippen molar-refractivity contribution in [2.75, 3.05) is 19.7 Å². The van der Waals surface area contributed by atoms with E-state index in [0.29, 0.717) is 12.0 Å². The van der Waals surface area contributed by atoms with Crippen molar-refractivity contribution in [3.05, 3.63) is 29.8 Å². The number of hydrogen-bond acceptors (Lipinski definition) is 4. The standard InChI is InChI=1S/C18H29NO3.C2HF3O2/c1-18(2,3)10-13-22-16-8-4-6-15(14-16)7-5-11-19-12-9-17(20)21;3-2(4,5)1(6)7/h4,6,8,14,19H,5,7,9-13H2,1-3H3,(H,20,21);(H,6,7). The fourth-order valence-corrected chi connectivity index (χ4v) is 2.00. The van der Waals surface area contributed by atoms with Crippen LogP contribution in [0.2, 0.25) is 0 Å². The normalized spacial score (nSPS) is 11.4. The molecule has 1 rings (SSSR count). The molecule has 0 fully saturated rings. The highest BCUT2D eigenvalue weighted by molar-refractivity contribution is 5.73. The van der Waals surface area contributed by atoms with E-state index in [0.717, 1.165) is 38.2 Å². The molecule has 0 radical (unpaired) electrons. The van der Waals surface area contributed by atoms with Gasteiger partial charge in [-0.1, -0.05) is 32.9 Å². The lowest BCUT2D eigenvalue weighted by Crippen LogP contribution is -2.21. The van der Waals surface area contributed by atoms with E-state index in [2.05, 4.69) is 38.2 Å². The number of alkyl halides is 3. The molecule has 1 aromatic carbocycles. The van der Waals surface area contributed by atoms with Crippen LogP contribution in [0.1, 0.15) is 45.6 Å². The number of carboxylic acids is 2. The molecule has 0 atom stereocenters. The zero-order chi connectivity index (χ0) is 22.5. The molecular formula is C20H30F3NO5. The monoisotopic (exact) mass is 421 g/mol. The van der Waals surface area contributed by atoms with Crippen LogP contribution in [-0.2, 0) is 16.0 Å². The van der Waals surface area contributed by atoms with Crippen molar-refractivity contribution in [1.29, 1.82) is 0 Å². The largest absolute Gasteiger partial charge is 0.494 e. The topological polar surface area (TPSA) is 95.9 Å². The molecule has 0 aliphatic rings. The molecule has 0 spiro atoms. The van der Waals surface area contributed by atoms with Gasteiger partial charge in [0, 0.05) is 6.54 Å². The number of halogens is 3. The number of hydrogen-bond donors (Lipinski definition) is 3. The van der Waals surface area contributed by atoms with Crippen molar-refractivity contribution in [2.24, 2.45) is 5.41 Å². The molecule has 0 unspecified atom stereocenters. The molecule has 0 aliphatic carbocycles. The quantitative estimate of drug-likeness (QED) is 0.492. The molecule has 6 nitrogen and oxygen atoms in total. The summed E-state index contributed by atoms with van der Waals surface area (Å²) in [4.78, 5) is 19.3. The van der Waals surface area contributed by atoms with Crippen LogP contribution in [0.4, 0.5) is 13.2 Å². The van der Waals surface area contributed by atoms with Crippen LogP contribution in [0.5, 0.6) is 5.75 Å². The Morgan fingerprint density at radius 2 is 1.72 bits per heavy atom. The lowest BCUT2D eigenvalue weighted by molar-refractivity contribution is -0.192. The Balaban J connectivity index is 0.000000956. The number of ether oxygens (including phenoxy) is 1. The van der Waals surface area contributed by atoms with E-state index < -0.39 is 18.1 Å². The van der Waals surface area contributed by atoms with E-state index in [-0.39, 0.29) is 6.42 Å². The van der Waals surface area contributed by atoms with Crippen LogP contribution in [0, 0.1) is 5.41 Å². The summed E-state index contributed by atoms with van der Waals surface area (Å²) in [7, 11) is 0. The van der Waals surface area contributed by atoms with Gasteiger partial charge in [-0.3, -0.25) is 4.79 Å². The number of carbonyl (C=O) groups is 2. The molecule has 0 saturated carbocycles. The van der Waals surface area contributed by atoms with Crippen LogP contribution in [0.25, 0.3) is 0 Å². The highest BCUT2D eigenvalue weighted by Gasteiger charge is 2.38. The number of nitrogens with one attached hydrogen (secondary N) is 1. The molecule has 0 aromatic heterocycles. The van der Waals surface area contributed by atoms with Crippen molar-refractivity contribution < 1.29 is 37.7 Å². The van der Waals surface area contributed by atoms with Gasteiger partial charge in [0.15, 0.2) is 0 Å². The molecule has 166 valence electrons. The van der Waals surface area contributed by atoms with Crippen molar-refractivity contribution >= 4 is 11.9 Å². The first kappa shape index (κ1) is 26.7. The summed E-state index contributed by atoms with van der Waals surface area (Å²) in [5.41, 5.74) is 1.55. The van der Waals surface area contributed by atoms with Crippen LogP contribution < -0.4 is 10.1 Å². The van der Waals surface area contributed by atoms with Gasteiger partial charge in [0.1, 0.15) is 5.75 Å². The summed E-state index contributed by atoms with van der Waals surface area (Å²) in [6, 6.07) is 8.23. The summed E-state index contributed by atoms with van der Waals surface area (Å²) in [6.07, 6.45) is -1.91. The predicted molar refractivity (Wildman–Crippen MR) is 103 cm³/mol. The summed E-state index contributed by atoms with van der Waals surface area (Å²) in [6.45, 7) is 8.75. The average Bonchev–Trinajstić information content (AvgIpc) is 2.56. The van der Waals surface area contributed by atoms with Crippen LogP contribution in [0.15, 0.2) is 24.3 Å². The van der Waals surface area contributed by atoms with Gasteiger partial charge >= 0.3 is 18.1 Å². The maximum atomic E-state index is 10.6. The average molecular weight is 421 g/mol. The van der Waals surface area contributed by atoms with Gasteiger partial charge in [-0.05, 0) is 48.9 Å². The van der Waals surface area contributed by atoms with Gasteiger partial charge in [0.2, 0.25) is 0 Å². The Bertz CT molecular complexity index is 627. The number of aliphatic carboxylic acids is 2. The van der Waals surface area contributed by atoms with Gasteiger partial charge in [-0.25, -0.2) is 4.79 Å². The van der Waals surface area contributed by atoms with E-state index in [1.807, 2.05) is 12.1 Å². The third kappa shape index (κ3) is 16.4. The molecule has 3 N–H and O–H groups in total. The van der Waals surface area contributed by atoms with Gasteiger partial charge in [0.25, 0.3) is 0 Å². The Morgan fingerprint density at radius 3 is 2.24 bits per heavy atom. The summed E-state index contributed by atoms with van der Waals surface area (Å²) >= 11 is 0. The Labute approximate surface area is 169 Å². The Hall–Kier alpha value is -2.29. The SMILES string of the molecule is CC(C)(C)CCOc1cccc(CCCNCCC(=O)O)c1.O=C(O)C(F)(F)F. The zero-order valence-electron chi connectivity index (χ0n) is 17.0. The lowest BCUT2D eigenvalue weighted by Gasteiger charge is -2.18. The fraction of sp³-hybridized carbons (Fsp3) is 0.600. The van der Waals surface area contributed by atoms with Crippen molar-refractivity contribution in [3.63, 3.8) is 0 Å². The Kier molecular flexibility index (Phi) is 12.0. The zero-order valence-corrected chi connectivity index (χ0v) is 17.0. The van der Waals surface area contributed by atoms with Crippen LogP contribution >= 0.6 is 0 Å². The number of carboxylic acid groups (broad SMARTS) is 2. The van der Waals surface area contributed by atoms with Crippen molar-refractivity contribution in [3.8, 4) is 5.75 Å². The molecule has 9 heteroatoms. The smallest absolute Gasteiger partial charge is 0.490 e. The van der Waals surface area contributed by atoms with Gasteiger partial charge < -0.3 is 20.3 Å². The second kappa shape index (κ2) is 13.0. The van der Waals surface area contributed by atoms with Crippen molar-refractivity contribution in [1.82, 2.24) is 5.32 Å². The molecule has 0 bridgehead atoms. The first-order valence-electron chi connectivity index (χ1n) is 9.25. The minimum absolute atomic E-state index is 0.178. The minimum atomic E-state index is -5.08. The fourth-order valence-electron chi connectivity index (χ4n) is 2.00. The van der Waals surface area contributed by atoms with Crippen LogP contribution in [-0.4, -0.2) is 48.0 Å².